The van der Waals surface area contributed by atoms with Gasteiger partial charge in [0.1, 0.15) is 11.6 Å². The Morgan fingerprint density at radius 1 is 1.31 bits per heavy atom. The SMILES string of the molecule is CCOC(=O)C1(c2cccc(F)c2)ON=C2/C(=C/c3ccc(N4C=NC(C)C4)c(OC)c3)CCCN21. The Morgan fingerprint density at radius 2 is 2.17 bits per heavy atom. The third kappa shape index (κ3) is 4.08. The summed E-state index contributed by atoms with van der Waals surface area (Å²) >= 11 is 0. The lowest BCUT2D eigenvalue weighted by molar-refractivity contribution is -0.189. The van der Waals surface area contributed by atoms with Crippen molar-refractivity contribution in [1.29, 1.82) is 0 Å². The minimum Gasteiger partial charge on any atom is -0.495 e. The Balaban J connectivity index is 1.49. The lowest BCUT2D eigenvalue weighted by Crippen LogP contribution is -2.54. The smallest absolute Gasteiger partial charge is 0.380 e. The fraction of sp³-hybridized carbons (Fsp3) is 0.370. The fourth-order valence-corrected chi connectivity index (χ4v) is 4.89. The van der Waals surface area contributed by atoms with Crippen molar-refractivity contribution in [3.8, 4) is 5.75 Å². The van der Waals surface area contributed by atoms with Gasteiger partial charge in [-0.3, -0.25) is 4.99 Å². The maximum absolute atomic E-state index is 14.2. The second-order valence-electron chi connectivity index (χ2n) is 9.00. The number of ether oxygens (including phenoxy) is 2. The summed E-state index contributed by atoms with van der Waals surface area (Å²) in [5.41, 5.74) is 1.47. The van der Waals surface area contributed by atoms with Crippen molar-refractivity contribution in [3.05, 3.63) is 65.0 Å². The molecule has 2 atom stereocenters. The third-order valence-corrected chi connectivity index (χ3v) is 6.56. The predicted octanol–water partition coefficient (Wildman–Crippen LogP) is 4.31. The number of methoxy groups -OCH3 is 1. The molecule has 2 aromatic carbocycles. The third-order valence-electron chi connectivity index (χ3n) is 6.56. The van der Waals surface area contributed by atoms with E-state index >= 15 is 0 Å². The molecular formula is C27H29FN4O4. The van der Waals surface area contributed by atoms with Crippen LogP contribution in [0.4, 0.5) is 10.1 Å². The average molecular weight is 493 g/mol. The second kappa shape index (κ2) is 9.64. The van der Waals surface area contributed by atoms with Crippen LogP contribution in [-0.2, 0) is 20.1 Å². The summed E-state index contributed by atoms with van der Waals surface area (Å²) in [4.78, 5) is 27.4. The number of rotatable bonds is 6. The molecule has 2 unspecified atom stereocenters. The first-order valence-electron chi connectivity index (χ1n) is 12.1. The molecule has 3 aliphatic heterocycles. The van der Waals surface area contributed by atoms with E-state index in [-0.39, 0.29) is 12.6 Å². The first-order valence-corrected chi connectivity index (χ1v) is 12.1. The van der Waals surface area contributed by atoms with E-state index in [1.165, 1.54) is 12.1 Å². The zero-order chi connectivity index (χ0) is 25.3. The minimum atomic E-state index is -1.67. The van der Waals surface area contributed by atoms with Crippen molar-refractivity contribution >= 4 is 29.9 Å². The summed E-state index contributed by atoms with van der Waals surface area (Å²) in [5.74, 6) is 0.193. The highest BCUT2D eigenvalue weighted by atomic mass is 19.1. The molecule has 1 saturated heterocycles. The van der Waals surface area contributed by atoms with Crippen molar-refractivity contribution in [2.24, 2.45) is 10.1 Å². The van der Waals surface area contributed by atoms with Gasteiger partial charge >= 0.3 is 11.7 Å². The summed E-state index contributed by atoms with van der Waals surface area (Å²) in [6.07, 6.45) is 5.38. The number of halogens is 1. The number of aliphatic imine (C=N–C) groups is 1. The molecule has 5 rings (SSSR count). The van der Waals surface area contributed by atoms with E-state index < -0.39 is 17.5 Å². The van der Waals surface area contributed by atoms with Gasteiger partial charge in [-0.25, -0.2) is 9.18 Å². The molecule has 0 amide bonds. The van der Waals surface area contributed by atoms with Crippen LogP contribution in [0.15, 0.2) is 58.2 Å². The van der Waals surface area contributed by atoms with Gasteiger partial charge in [0.05, 0.1) is 31.8 Å². The quantitative estimate of drug-likeness (QED) is 0.560. The zero-order valence-electron chi connectivity index (χ0n) is 20.6. The number of nitrogens with zero attached hydrogens (tertiary/aromatic N) is 4. The lowest BCUT2D eigenvalue weighted by atomic mass is 9.94. The van der Waals surface area contributed by atoms with Gasteiger partial charge in [0, 0.05) is 18.7 Å². The van der Waals surface area contributed by atoms with Gasteiger partial charge in [-0.05, 0) is 68.2 Å². The second-order valence-corrected chi connectivity index (χ2v) is 9.00. The van der Waals surface area contributed by atoms with E-state index in [1.54, 1.807) is 31.1 Å². The summed E-state index contributed by atoms with van der Waals surface area (Å²) in [6, 6.07) is 12.1. The van der Waals surface area contributed by atoms with Crippen LogP contribution >= 0.6 is 0 Å². The molecule has 1 fully saturated rings. The summed E-state index contributed by atoms with van der Waals surface area (Å²) in [5, 5.41) is 4.32. The van der Waals surface area contributed by atoms with Crippen molar-refractivity contribution < 1.29 is 23.5 Å². The van der Waals surface area contributed by atoms with Gasteiger partial charge < -0.3 is 24.1 Å². The molecule has 0 spiro atoms. The van der Waals surface area contributed by atoms with Gasteiger partial charge in [-0.1, -0.05) is 23.4 Å². The van der Waals surface area contributed by atoms with Crippen LogP contribution in [0, 0.1) is 5.82 Å². The number of carbonyl (C=O) groups excluding carboxylic acids is 1. The van der Waals surface area contributed by atoms with Crippen molar-refractivity contribution in [2.75, 3.05) is 31.7 Å². The van der Waals surface area contributed by atoms with E-state index in [0.717, 1.165) is 42.0 Å². The van der Waals surface area contributed by atoms with Crippen LogP contribution in [0.3, 0.4) is 0 Å². The van der Waals surface area contributed by atoms with Crippen LogP contribution in [-0.4, -0.2) is 55.9 Å². The van der Waals surface area contributed by atoms with E-state index in [2.05, 4.69) is 22.0 Å². The molecule has 3 heterocycles. The van der Waals surface area contributed by atoms with Crippen molar-refractivity contribution in [1.82, 2.24) is 4.90 Å². The summed E-state index contributed by atoms with van der Waals surface area (Å²) < 4.78 is 25.2. The fourth-order valence-electron chi connectivity index (χ4n) is 4.89. The molecule has 188 valence electrons. The van der Waals surface area contributed by atoms with Crippen LogP contribution in [0.25, 0.3) is 6.08 Å². The molecule has 0 aliphatic carbocycles. The Bertz CT molecular complexity index is 1260. The van der Waals surface area contributed by atoms with Gasteiger partial charge in [-0.15, -0.1) is 0 Å². The number of carbonyl (C=O) groups is 1. The summed E-state index contributed by atoms with van der Waals surface area (Å²) in [7, 11) is 1.65. The van der Waals surface area contributed by atoms with Gasteiger partial charge in [-0.2, -0.15) is 0 Å². The highest BCUT2D eigenvalue weighted by molar-refractivity contribution is 6.06. The maximum atomic E-state index is 14.2. The number of hydrogen-bond donors (Lipinski definition) is 0. The van der Waals surface area contributed by atoms with E-state index in [9.17, 15) is 9.18 Å². The number of fused-ring (bicyclic) bond motifs is 1. The average Bonchev–Trinajstić information content (AvgIpc) is 3.49. The highest BCUT2D eigenvalue weighted by Gasteiger charge is 2.57. The van der Waals surface area contributed by atoms with Gasteiger partial charge in [0.25, 0.3) is 0 Å². The molecule has 0 N–H and O–H groups in total. The first-order chi connectivity index (χ1) is 17.5. The Morgan fingerprint density at radius 3 is 2.89 bits per heavy atom. The topological polar surface area (TPSA) is 76.0 Å². The van der Waals surface area contributed by atoms with Crippen LogP contribution in [0.2, 0.25) is 0 Å². The Hall–Kier alpha value is -3.88. The predicted molar refractivity (Wildman–Crippen MR) is 135 cm³/mol. The lowest BCUT2D eigenvalue weighted by Gasteiger charge is -2.37. The number of hydrogen-bond acceptors (Lipinski definition) is 8. The number of piperidine rings is 1. The zero-order valence-corrected chi connectivity index (χ0v) is 20.6. The molecule has 2 aromatic rings. The maximum Gasteiger partial charge on any atom is 0.380 e. The summed E-state index contributed by atoms with van der Waals surface area (Å²) in [6.45, 7) is 5.27. The van der Waals surface area contributed by atoms with Crippen molar-refractivity contribution in [2.45, 2.75) is 38.5 Å². The molecule has 36 heavy (non-hydrogen) atoms. The molecule has 0 radical (unpaired) electrons. The first kappa shape index (κ1) is 23.8. The normalized spacial score (nSPS) is 23.9. The Kier molecular flexibility index (Phi) is 6.38. The number of esters is 1. The van der Waals surface area contributed by atoms with E-state index in [1.807, 2.05) is 30.6 Å². The largest absolute Gasteiger partial charge is 0.495 e. The monoisotopic (exact) mass is 492 g/mol. The molecule has 9 heteroatoms. The van der Waals surface area contributed by atoms with E-state index in [4.69, 9.17) is 14.3 Å². The van der Waals surface area contributed by atoms with Gasteiger partial charge in [0.2, 0.25) is 0 Å². The van der Waals surface area contributed by atoms with Gasteiger partial charge in [0.15, 0.2) is 5.84 Å². The van der Waals surface area contributed by atoms with Crippen LogP contribution in [0.5, 0.6) is 5.75 Å². The Labute approximate surface area is 209 Å². The van der Waals surface area contributed by atoms with Crippen LogP contribution in [0.1, 0.15) is 37.8 Å². The van der Waals surface area contributed by atoms with Crippen LogP contribution < -0.4 is 9.64 Å². The standard InChI is InChI=1S/C27H29FN4O4/c1-4-35-26(33)27(21-8-5-9-22(28)15-21)32-12-6-7-20(25(32)30-36-27)13-19-10-11-23(24(14-19)34-3)31-16-18(2)29-17-31/h5,8-11,13-15,17-18H,4,6-7,12,16H2,1-3H3/b20-13+. The van der Waals surface area contributed by atoms with E-state index in [0.29, 0.717) is 17.9 Å². The molecular weight excluding hydrogens is 463 g/mol. The molecule has 3 aliphatic rings. The number of amidine groups is 1. The number of oxime groups is 1. The number of benzene rings is 2. The number of anilines is 1. The minimum absolute atomic E-state index is 0.164. The van der Waals surface area contributed by atoms with Crippen molar-refractivity contribution in [3.63, 3.8) is 0 Å². The molecule has 0 saturated carbocycles. The molecule has 0 aromatic heterocycles. The highest BCUT2D eigenvalue weighted by Crippen LogP contribution is 2.42. The molecule has 8 nitrogen and oxygen atoms in total. The molecule has 0 bridgehead atoms.